The van der Waals surface area contributed by atoms with Gasteiger partial charge in [-0.3, -0.25) is 0 Å². The first-order valence-corrected chi connectivity index (χ1v) is 16.9. The van der Waals surface area contributed by atoms with Crippen molar-refractivity contribution in [3.8, 4) is 11.1 Å². The Balaban J connectivity index is 0.00000168. The maximum absolute atomic E-state index is 2.62. The summed E-state index contributed by atoms with van der Waals surface area (Å²) < 4.78 is 3.79. The Morgan fingerprint density at radius 2 is 1.05 bits per heavy atom. The van der Waals surface area contributed by atoms with Gasteiger partial charge in [-0.25, -0.2) is 0 Å². The minimum atomic E-state index is -2.62. The largest absolute Gasteiger partial charge is 1.00 e. The van der Waals surface area contributed by atoms with E-state index in [2.05, 4.69) is 137 Å². The maximum Gasteiger partial charge on any atom is -1.00 e. The minimum absolute atomic E-state index is 0. The third-order valence-electron chi connectivity index (χ3n) is 7.77. The van der Waals surface area contributed by atoms with E-state index in [0.29, 0.717) is 9.54 Å². The third kappa shape index (κ3) is 5.14. The molecule has 4 aromatic rings. The molecule has 190 valence electrons. The predicted molar refractivity (Wildman–Crippen MR) is 150 cm³/mol. The number of rotatable bonds is 4. The van der Waals surface area contributed by atoms with Gasteiger partial charge in [-0.2, -0.15) is 0 Å². The van der Waals surface area contributed by atoms with E-state index in [1.165, 1.54) is 50.1 Å². The van der Waals surface area contributed by atoms with E-state index < -0.39 is 21.3 Å². The van der Waals surface area contributed by atoms with Crippen LogP contribution in [0.15, 0.2) is 118 Å². The van der Waals surface area contributed by atoms with E-state index in [-0.39, 0.29) is 24.8 Å². The first kappa shape index (κ1) is 28.7. The molecule has 0 fully saturated rings. The van der Waals surface area contributed by atoms with Crippen molar-refractivity contribution >= 4 is 3.21 Å². The van der Waals surface area contributed by atoms with Crippen molar-refractivity contribution in [2.24, 2.45) is 5.92 Å². The summed E-state index contributed by atoms with van der Waals surface area (Å²) in [6.07, 6.45) is 5.02. The fourth-order valence-electron chi connectivity index (χ4n) is 6.07. The van der Waals surface area contributed by atoms with E-state index in [9.17, 15) is 0 Å². The number of hydrogen-bond acceptors (Lipinski definition) is 0. The van der Waals surface area contributed by atoms with Crippen LogP contribution in [-0.2, 0) is 21.3 Å². The van der Waals surface area contributed by atoms with Crippen LogP contribution in [0.1, 0.15) is 50.9 Å². The smallest absolute Gasteiger partial charge is 1.00 e. The second-order valence-electron chi connectivity index (χ2n) is 10.4. The van der Waals surface area contributed by atoms with E-state index >= 15 is 0 Å². The van der Waals surface area contributed by atoms with E-state index in [0.717, 1.165) is 0 Å². The maximum atomic E-state index is 2.55. The van der Waals surface area contributed by atoms with Gasteiger partial charge in [0.1, 0.15) is 0 Å². The molecule has 6 rings (SSSR count). The number of hydrogen-bond donors (Lipinski definition) is 0. The Bertz CT molecular complexity index is 1460. The van der Waals surface area contributed by atoms with E-state index in [1.54, 1.807) is 6.49 Å². The second-order valence-corrected chi connectivity index (χ2v) is 16.5. The number of fused-ring (bicyclic) bond motifs is 3. The molecule has 0 bridgehead atoms. The molecule has 0 saturated carbocycles. The van der Waals surface area contributed by atoms with Crippen molar-refractivity contribution in [3.63, 3.8) is 0 Å². The molecule has 0 N–H and O–H groups in total. The van der Waals surface area contributed by atoms with E-state index in [1.807, 2.05) is 0 Å². The monoisotopic (exact) mass is 612 g/mol. The summed E-state index contributed by atoms with van der Waals surface area (Å²) in [6, 6.07) is 37.0. The molecular weight excluding hydrogens is 583 g/mol. The Kier molecular flexibility index (Phi) is 8.94. The number of halogens is 2. The standard InChI is InChI=1S/C15H14.C13H9.C7H9.2ClH.Zr/c1-12-3-7-14(8-4-12)11-15-9-5-13(2)6-10-15;1-3-7-12-10(5-1)9-11-6-2-4-8-13(11)12;1-6-3-4-7(2)5-6;;;/h3-10H,1-2H3;1-9H;3,5,7H,1-2H3;2*1H;/q;;;;;+2/p-2. The molecule has 0 saturated heterocycles. The molecule has 0 heterocycles. The molecule has 2 aliphatic carbocycles. The molecule has 38 heavy (non-hydrogen) atoms. The van der Waals surface area contributed by atoms with Crippen LogP contribution in [0.2, 0.25) is 0 Å². The molecule has 1 unspecified atom stereocenters. The zero-order valence-electron chi connectivity index (χ0n) is 22.3. The number of allylic oxidation sites excluding steroid dienone is 4. The average Bonchev–Trinajstić information content (AvgIpc) is 3.40. The first-order chi connectivity index (χ1) is 17.5. The van der Waals surface area contributed by atoms with Crippen molar-refractivity contribution in [2.45, 2.75) is 31.3 Å². The summed E-state index contributed by atoms with van der Waals surface area (Å²) >= 11 is -2.62. The van der Waals surface area contributed by atoms with Crippen molar-refractivity contribution in [1.29, 1.82) is 0 Å². The summed E-state index contributed by atoms with van der Waals surface area (Å²) in [5.41, 5.74) is 12.8. The van der Waals surface area contributed by atoms with Crippen LogP contribution in [0.4, 0.5) is 0 Å². The Morgan fingerprint density at radius 3 is 1.47 bits per heavy atom. The molecule has 4 aromatic carbocycles. The fraction of sp³-hybridized carbons (Fsp3) is 0.171. The van der Waals surface area contributed by atoms with Crippen molar-refractivity contribution < 1.29 is 46.1 Å². The SMILES string of the molecule is CC1=CC(C)[C]([Zr+2](=[C](c2ccc(C)cc2)c2ccc(C)cc2)[CH]2c3ccccc3-c3ccccc32)=C1.[Cl-].[Cl-]. The molecule has 3 heteroatoms. The van der Waals surface area contributed by atoms with Gasteiger partial charge in [-0.05, 0) is 0 Å². The van der Waals surface area contributed by atoms with E-state index in [4.69, 9.17) is 0 Å². The Labute approximate surface area is 247 Å². The van der Waals surface area contributed by atoms with Crippen molar-refractivity contribution in [1.82, 2.24) is 0 Å². The van der Waals surface area contributed by atoms with Crippen molar-refractivity contribution in [2.75, 3.05) is 0 Å². The summed E-state index contributed by atoms with van der Waals surface area (Å²) in [6.45, 7) is 9.07. The number of aryl methyl sites for hydroxylation is 2. The zero-order valence-corrected chi connectivity index (χ0v) is 26.3. The van der Waals surface area contributed by atoms with Gasteiger partial charge in [-0.1, -0.05) is 0 Å². The summed E-state index contributed by atoms with van der Waals surface area (Å²) in [7, 11) is 0. The van der Waals surface area contributed by atoms with Gasteiger partial charge < -0.3 is 24.8 Å². The molecular formula is C35H32Cl2Zr. The zero-order chi connectivity index (χ0) is 24.8. The molecule has 2 aliphatic rings. The van der Waals surface area contributed by atoms with Crippen LogP contribution in [0.5, 0.6) is 0 Å². The fourth-order valence-corrected chi connectivity index (χ4v) is 15.8. The molecule has 0 aromatic heterocycles. The van der Waals surface area contributed by atoms with Gasteiger partial charge in [0.2, 0.25) is 0 Å². The van der Waals surface area contributed by atoms with Crippen molar-refractivity contribution in [3.05, 3.63) is 151 Å². The van der Waals surface area contributed by atoms with Crippen LogP contribution in [0.25, 0.3) is 11.1 Å². The molecule has 0 nitrogen and oxygen atoms in total. The summed E-state index contributed by atoms with van der Waals surface area (Å²) in [5.74, 6) is 0.491. The third-order valence-corrected chi connectivity index (χ3v) is 16.5. The van der Waals surface area contributed by atoms with Gasteiger partial charge >= 0.3 is 224 Å². The van der Waals surface area contributed by atoms with Crippen LogP contribution in [-0.4, -0.2) is 3.21 Å². The summed E-state index contributed by atoms with van der Waals surface area (Å²) in [4.78, 5) is 0. The number of benzene rings is 4. The van der Waals surface area contributed by atoms with Gasteiger partial charge in [0.05, 0.1) is 0 Å². The van der Waals surface area contributed by atoms with Crippen LogP contribution in [0, 0.1) is 19.8 Å². The topological polar surface area (TPSA) is 0 Å². The van der Waals surface area contributed by atoms with Gasteiger partial charge in [-0.15, -0.1) is 0 Å². The molecule has 1 atom stereocenters. The first-order valence-electron chi connectivity index (χ1n) is 13.0. The van der Waals surface area contributed by atoms with Gasteiger partial charge in [0.25, 0.3) is 0 Å². The molecule has 0 amide bonds. The molecule has 0 spiro atoms. The average molecular weight is 615 g/mol. The van der Waals surface area contributed by atoms with Crippen LogP contribution in [0.3, 0.4) is 0 Å². The molecule has 0 aliphatic heterocycles. The Hall–Kier alpha value is -2.31. The van der Waals surface area contributed by atoms with Crippen LogP contribution < -0.4 is 24.8 Å². The summed E-state index contributed by atoms with van der Waals surface area (Å²) in [5, 5.41) is 0. The second kappa shape index (κ2) is 11.8. The quantitative estimate of drug-likeness (QED) is 0.332. The van der Waals surface area contributed by atoms with Gasteiger partial charge in [0.15, 0.2) is 0 Å². The molecule has 0 radical (unpaired) electrons. The Morgan fingerprint density at radius 1 is 0.605 bits per heavy atom. The minimum Gasteiger partial charge on any atom is -1.00 e. The normalized spacial score (nSPS) is 15.2. The predicted octanol–water partition coefficient (Wildman–Crippen LogP) is 2.75. The van der Waals surface area contributed by atoms with Gasteiger partial charge in [0, 0.05) is 0 Å². The van der Waals surface area contributed by atoms with Crippen LogP contribution >= 0.6 is 0 Å².